The first-order valence-corrected chi connectivity index (χ1v) is 5.32. The summed E-state index contributed by atoms with van der Waals surface area (Å²) in [5, 5.41) is 2.16. The first-order chi connectivity index (χ1) is 7.11. The minimum absolute atomic E-state index is 0.418. The van der Waals surface area contributed by atoms with Crippen LogP contribution in [-0.2, 0) is 6.54 Å². The fourth-order valence-corrected chi connectivity index (χ4v) is 2.28. The number of aromatic nitrogens is 1. The Balaban J connectivity index is 2.85. The van der Waals surface area contributed by atoms with Gasteiger partial charge in [-0.1, -0.05) is 23.2 Å². The zero-order valence-corrected chi connectivity index (χ0v) is 9.73. The molecule has 2 rings (SSSR count). The molecule has 0 aliphatic rings. The molecule has 2 N–H and O–H groups in total. The molecule has 2 aromatic rings. The van der Waals surface area contributed by atoms with Crippen LogP contribution in [0, 0.1) is 6.92 Å². The summed E-state index contributed by atoms with van der Waals surface area (Å²) in [5.41, 5.74) is 8.27. The third-order valence-corrected chi connectivity index (χ3v) is 2.80. The molecular weight excluding hydrogens is 231 g/mol. The van der Waals surface area contributed by atoms with E-state index in [1.54, 1.807) is 12.1 Å². The minimum atomic E-state index is 0.418. The van der Waals surface area contributed by atoms with E-state index < -0.39 is 0 Å². The number of rotatable bonds is 1. The van der Waals surface area contributed by atoms with Crippen molar-refractivity contribution in [3.8, 4) is 0 Å². The number of hydrogen-bond acceptors (Lipinski definition) is 2. The Morgan fingerprint density at radius 2 is 2.00 bits per heavy atom. The highest BCUT2D eigenvalue weighted by Gasteiger charge is 2.07. The Hall–Kier alpha value is -0.830. The maximum atomic E-state index is 6.11. The third-order valence-electron chi connectivity index (χ3n) is 2.28. The van der Waals surface area contributed by atoms with Gasteiger partial charge in [0.2, 0.25) is 0 Å². The van der Waals surface area contributed by atoms with Crippen LogP contribution in [0.5, 0.6) is 0 Å². The molecule has 0 unspecified atom stereocenters. The number of nitrogens with two attached hydrogens (primary N) is 1. The molecule has 0 atom stereocenters. The first kappa shape index (κ1) is 10.7. The molecule has 1 heterocycles. The topological polar surface area (TPSA) is 38.9 Å². The number of hydrogen-bond donors (Lipinski definition) is 1. The zero-order valence-electron chi connectivity index (χ0n) is 8.22. The van der Waals surface area contributed by atoms with Crippen LogP contribution >= 0.6 is 23.2 Å². The number of benzene rings is 1. The SMILES string of the molecule is Cc1cc(CN)nc2cc(Cl)cc(Cl)c12. The summed E-state index contributed by atoms with van der Waals surface area (Å²) in [6.07, 6.45) is 0. The highest BCUT2D eigenvalue weighted by Crippen LogP contribution is 2.29. The Labute approximate surface area is 98.0 Å². The lowest BCUT2D eigenvalue weighted by Gasteiger charge is -2.07. The van der Waals surface area contributed by atoms with Gasteiger partial charge in [0.1, 0.15) is 0 Å². The molecule has 0 bridgehead atoms. The number of nitrogens with zero attached hydrogens (tertiary/aromatic N) is 1. The Morgan fingerprint density at radius 1 is 1.27 bits per heavy atom. The highest BCUT2D eigenvalue weighted by atomic mass is 35.5. The van der Waals surface area contributed by atoms with Crippen molar-refractivity contribution in [1.82, 2.24) is 4.98 Å². The second-order valence-electron chi connectivity index (χ2n) is 3.42. The van der Waals surface area contributed by atoms with Crippen LogP contribution in [0.25, 0.3) is 10.9 Å². The van der Waals surface area contributed by atoms with E-state index in [0.717, 1.165) is 22.2 Å². The van der Waals surface area contributed by atoms with Gasteiger partial charge in [-0.05, 0) is 30.7 Å². The fraction of sp³-hybridized carbons (Fsp3) is 0.182. The molecule has 0 fully saturated rings. The average molecular weight is 241 g/mol. The fourth-order valence-electron chi connectivity index (χ4n) is 1.65. The summed E-state index contributed by atoms with van der Waals surface area (Å²) >= 11 is 12.0. The van der Waals surface area contributed by atoms with Gasteiger partial charge in [-0.2, -0.15) is 0 Å². The van der Waals surface area contributed by atoms with Crippen molar-refractivity contribution in [3.63, 3.8) is 0 Å². The van der Waals surface area contributed by atoms with Gasteiger partial charge >= 0.3 is 0 Å². The molecule has 2 nitrogen and oxygen atoms in total. The lowest BCUT2D eigenvalue weighted by atomic mass is 10.1. The molecule has 78 valence electrons. The molecule has 0 radical (unpaired) electrons. The predicted octanol–water partition coefficient (Wildman–Crippen LogP) is 3.31. The van der Waals surface area contributed by atoms with Gasteiger partial charge in [0.25, 0.3) is 0 Å². The molecule has 1 aromatic carbocycles. The number of aryl methyl sites for hydroxylation is 1. The van der Waals surface area contributed by atoms with Crippen LogP contribution in [-0.4, -0.2) is 4.98 Å². The van der Waals surface area contributed by atoms with Crippen LogP contribution in [0.3, 0.4) is 0 Å². The molecule has 0 aliphatic heterocycles. The summed E-state index contributed by atoms with van der Waals surface area (Å²) in [5.74, 6) is 0. The Kier molecular flexibility index (Phi) is 2.83. The van der Waals surface area contributed by atoms with Crippen LogP contribution in [0.2, 0.25) is 10.0 Å². The van der Waals surface area contributed by atoms with Gasteiger partial charge in [0, 0.05) is 17.0 Å². The van der Waals surface area contributed by atoms with E-state index in [-0.39, 0.29) is 0 Å². The third kappa shape index (κ3) is 1.93. The summed E-state index contributed by atoms with van der Waals surface area (Å²) in [4.78, 5) is 4.38. The number of halogens is 2. The van der Waals surface area contributed by atoms with Crippen LogP contribution in [0.15, 0.2) is 18.2 Å². The molecule has 0 aliphatic carbocycles. The lowest BCUT2D eigenvalue weighted by molar-refractivity contribution is 1.00. The van der Waals surface area contributed by atoms with Gasteiger partial charge in [0.05, 0.1) is 16.2 Å². The van der Waals surface area contributed by atoms with Crippen LogP contribution in [0.4, 0.5) is 0 Å². The first-order valence-electron chi connectivity index (χ1n) is 4.57. The van der Waals surface area contributed by atoms with E-state index in [4.69, 9.17) is 28.9 Å². The summed E-state index contributed by atoms with van der Waals surface area (Å²) in [6, 6.07) is 5.47. The van der Waals surface area contributed by atoms with Gasteiger partial charge < -0.3 is 5.73 Å². The standard InChI is InChI=1S/C11H10Cl2N2/c1-6-2-8(5-14)15-10-4-7(12)3-9(13)11(6)10/h2-4H,5,14H2,1H3. The number of fused-ring (bicyclic) bond motifs is 1. The molecule has 0 saturated heterocycles. The molecular formula is C11H10Cl2N2. The van der Waals surface area contributed by atoms with E-state index in [2.05, 4.69) is 4.98 Å². The number of pyridine rings is 1. The second-order valence-corrected chi connectivity index (χ2v) is 4.26. The minimum Gasteiger partial charge on any atom is -0.325 e. The van der Waals surface area contributed by atoms with Crippen molar-refractivity contribution in [3.05, 3.63) is 39.5 Å². The largest absolute Gasteiger partial charge is 0.325 e. The van der Waals surface area contributed by atoms with Gasteiger partial charge in [-0.25, -0.2) is 0 Å². The second kappa shape index (κ2) is 3.97. The maximum Gasteiger partial charge on any atom is 0.0738 e. The highest BCUT2D eigenvalue weighted by molar-refractivity contribution is 6.38. The summed E-state index contributed by atoms with van der Waals surface area (Å²) in [7, 11) is 0. The van der Waals surface area contributed by atoms with Crippen molar-refractivity contribution < 1.29 is 0 Å². The monoisotopic (exact) mass is 240 g/mol. The average Bonchev–Trinajstić information content (AvgIpc) is 2.15. The summed E-state index contributed by atoms with van der Waals surface area (Å²) in [6.45, 7) is 2.41. The zero-order chi connectivity index (χ0) is 11.0. The molecule has 15 heavy (non-hydrogen) atoms. The smallest absolute Gasteiger partial charge is 0.0738 e. The lowest BCUT2D eigenvalue weighted by Crippen LogP contribution is -2.00. The quantitative estimate of drug-likeness (QED) is 0.831. The van der Waals surface area contributed by atoms with Crippen molar-refractivity contribution in [2.45, 2.75) is 13.5 Å². The normalized spacial score (nSPS) is 10.9. The van der Waals surface area contributed by atoms with E-state index >= 15 is 0 Å². The Bertz CT molecular complexity index is 523. The molecule has 0 saturated carbocycles. The van der Waals surface area contributed by atoms with E-state index in [1.165, 1.54) is 0 Å². The molecule has 1 aromatic heterocycles. The van der Waals surface area contributed by atoms with Gasteiger partial charge in [-0.3, -0.25) is 4.98 Å². The van der Waals surface area contributed by atoms with Crippen LogP contribution in [0.1, 0.15) is 11.3 Å². The summed E-state index contributed by atoms with van der Waals surface area (Å²) < 4.78 is 0. The molecule has 0 amide bonds. The van der Waals surface area contributed by atoms with E-state index in [1.807, 2.05) is 13.0 Å². The van der Waals surface area contributed by atoms with Crippen LogP contribution < -0.4 is 5.73 Å². The van der Waals surface area contributed by atoms with Gasteiger partial charge in [0.15, 0.2) is 0 Å². The Morgan fingerprint density at radius 3 is 2.67 bits per heavy atom. The van der Waals surface area contributed by atoms with Crippen molar-refractivity contribution >= 4 is 34.1 Å². The molecule has 4 heteroatoms. The van der Waals surface area contributed by atoms with E-state index in [0.29, 0.717) is 16.6 Å². The van der Waals surface area contributed by atoms with Crippen molar-refractivity contribution in [1.29, 1.82) is 0 Å². The maximum absolute atomic E-state index is 6.11. The molecule has 0 spiro atoms. The predicted molar refractivity (Wildman–Crippen MR) is 64.4 cm³/mol. The van der Waals surface area contributed by atoms with Crippen molar-refractivity contribution in [2.24, 2.45) is 5.73 Å². The van der Waals surface area contributed by atoms with Gasteiger partial charge in [-0.15, -0.1) is 0 Å². The van der Waals surface area contributed by atoms with Crippen molar-refractivity contribution in [2.75, 3.05) is 0 Å². The van der Waals surface area contributed by atoms with E-state index in [9.17, 15) is 0 Å².